The fraction of sp³-hybridized carbons (Fsp3) is 0.100. The molecular formula is C10H5F3N2O3. The van der Waals surface area contributed by atoms with Gasteiger partial charge in [0.05, 0.1) is 27.6 Å². The third kappa shape index (κ3) is 1.81. The van der Waals surface area contributed by atoms with Gasteiger partial charge in [-0.05, 0) is 12.1 Å². The van der Waals surface area contributed by atoms with Gasteiger partial charge in [0.15, 0.2) is 0 Å². The second kappa shape index (κ2) is 3.83. The van der Waals surface area contributed by atoms with Crippen molar-refractivity contribution in [3.63, 3.8) is 0 Å². The quantitative estimate of drug-likeness (QED) is 0.630. The molecule has 5 nitrogen and oxygen atoms in total. The molecule has 0 spiro atoms. The van der Waals surface area contributed by atoms with E-state index in [9.17, 15) is 28.1 Å². The van der Waals surface area contributed by atoms with Crippen molar-refractivity contribution in [3.8, 4) is 0 Å². The molecule has 94 valence electrons. The average Bonchev–Trinajstić information content (AvgIpc) is 2.27. The predicted molar refractivity (Wildman–Crippen MR) is 56.2 cm³/mol. The van der Waals surface area contributed by atoms with E-state index in [0.717, 1.165) is 12.3 Å². The number of fused-ring (bicyclic) bond motifs is 1. The lowest BCUT2D eigenvalue weighted by Gasteiger charge is -2.09. The summed E-state index contributed by atoms with van der Waals surface area (Å²) >= 11 is 0. The number of hydrogen-bond acceptors (Lipinski definition) is 3. The Hall–Kier alpha value is -2.38. The molecule has 0 unspecified atom stereocenters. The van der Waals surface area contributed by atoms with Crippen molar-refractivity contribution in [3.05, 3.63) is 50.3 Å². The summed E-state index contributed by atoms with van der Waals surface area (Å²) in [5, 5.41) is 9.81. The van der Waals surface area contributed by atoms with Crippen LogP contribution in [0.15, 0.2) is 29.2 Å². The number of alkyl halides is 3. The highest BCUT2D eigenvalue weighted by atomic mass is 19.4. The van der Waals surface area contributed by atoms with Crippen LogP contribution in [0.5, 0.6) is 0 Å². The minimum absolute atomic E-state index is 0.0968. The molecule has 0 aliphatic carbocycles. The van der Waals surface area contributed by atoms with Crippen molar-refractivity contribution in [2.45, 2.75) is 6.18 Å². The molecule has 1 N–H and O–H groups in total. The molecular weight excluding hydrogens is 253 g/mol. The van der Waals surface area contributed by atoms with Gasteiger partial charge in [0.2, 0.25) is 0 Å². The molecule has 0 bridgehead atoms. The fourth-order valence-corrected chi connectivity index (χ4v) is 1.63. The minimum Gasteiger partial charge on any atom is -0.355 e. The Morgan fingerprint density at radius 1 is 1.28 bits per heavy atom. The van der Waals surface area contributed by atoms with E-state index in [0.29, 0.717) is 6.07 Å². The van der Waals surface area contributed by atoms with Gasteiger partial charge in [0.25, 0.3) is 5.43 Å². The van der Waals surface area contributed by atoms with E-state index in [1.807, 2.05) is 0 Å². The highest BCUT2D eigenvalue weighted by Crippen LogP contribution is 2.33. The second-order valence-corrected chi connectivity index (χ2v) is 3.49. The first-order valence-electron chi connectivity index (χ1n) is 4.68. The summed E-state index contributed by atoms with van der Waals surface area (Å²) in [6.07, 6.45) is -3.97. The van der Waals surface area contributed by atoms with Crippen LogP contribution >= 0.6 is 0 Å². The zero-order valence-electron chi connectivity index (χ0n) is 8.62. The molecule has 2 aromatic rings. The maximum atomic E-state index is 12.7. The molecule has 0 radical (unpaired) electrons. The summed E-state index contributed by atoms with van der Waals surface area (Å²) in [7, 11) is 0. The van der Waals surface area contributed by atoms with Gasteiger partial charge in [0, 0.05) is 0 Å². The number of aromatic amines is 1. The molecule has 0 atom stereocenters. The molecule has 1 aromatic heterocycles. The number of nitrogens with zero attached hydrogens (tertiary/aromatic N) is 1. The van der Waals surface area contributed by atoms with E-state index in [-0.39, 0.29) is 5.52 Å². The second-order valence-electron chi connectivity index (χ2n) is 3.49. The smallest absolute Gasteiger partial charge is 0.355 e. The Bertz CT molecular complexity index is 691. The molecule has 0 aliphatic heterocycles. The number of nitrogens with one attached hydrogen (secondary N) is 1. The van der Waals surface area contributed by atoms with Crippen LogP contribution in [-0.2, 0) is 6.18 Å². The van der Waals surface area contributed by atoms with E-state index in [2.05, 4.69) is 4.98 Å². The van der Waals surface area contributed by atoms with Crippen LogP contribution in [0.3, 0.4) is 0 Å². The molecule has 0 fully saturated rings. The average molecular weight is 258 g/mol. The third-order valence-corrected chi connectivity index (χ3v) is 2.39. The van der Waals surface area contributed by atoms with Gasteiger partial charge in [-0.2, -0.15) is 13.2 Å². The molecule has 2 rings (SSSR count). The van der Waals surface area contributed by atoms with E-state index in [4.69, 9.17) is 0 Å². The lowest BCUT2D eigenvalue weighted by Crippen LogP contribution is -2.15. The van der Waals surface area contributed by atoms with Crippen LogP contribution < -0.4 is 5.43 Å². The summed E-state index contributed by atoms with van der Waals surface area (Å²) in [5.74, 6) is 0. The molecule has 0 saturated heterocycles. The molecule has 8 heteroatoms. The van der Waals surface area contributed by atoms with Gasteiger partial charge >= 0.3 is 11.9 Å². The summed E-state index contributed by atoms with van der Waals surface area (Å²) in [4.78, 5) is 23.5. The molecule has 1 aromatic carbocycles. The standard InChI is InChI=1S/C10H5F3N2O3/c11-10(12,13)5-2-1-3-6-8(5)9(16)7(4-14-6)15(17)18/h1-4H,(H,14,16). The highest BCUT2D eigenvalue weighted by molar-refractivity contribution is 5.84. The maximum Gasteiger partial charge on any atom is 0.417 e. The lowest BCUT2D eigenvalue weighted by molar-refractivity contribution is -0.386. The Morgan fingerprint density at radius 2 is 1.94 bits per heavy atom. The normalized spacial score (nSPS) is 11.7. The first kappa shape index (κ1) is 12.1. The van der Waals surface area contributed by atoms with Crippen LogP contribution in [0.4, 0.5) is 18.9 Å². The SMILES string of the molecule is O=c1c([N+](=O)[O-])c[nH]c2cccc(C(F)(F)F)c12. The third-order valence-electron chi connectivity index (χ3n) is 2.39. The van der Waals surface area contributed by atoms with Gasteiger partial charge in [-0.25, -0.2) is 0 Å². The molecule has 1 heterocycles. The van der Waals surface area contributed by atoms with Crippen molar-refractivity contribution in [2.75, 3.05) is 0 Å². The first-order valence-corrected chi connectivity index (χ1v) is 4.68. The van der Waals surface area contributed by atoms with Crippen molar-refractivity contribution >= 4 is 16.6 Å². The summed E-state index contributed by atoms with van der Waals surface area (Å²) in [6, 6.07) is 3.07. The maximum absolute atomic E-state index is 12.7. The van der Waals surface area contributed by atoms with Gasteiger partial charge < -0.3 is 4.98 Å². The van der Waals surface area contributed by atoms with Crippen molar-refractivity contribution in [2.24, 2.45) is 0 Å². The van der Waals surface area contributed by atoms with Gasteiger partial charge in [-0.15, -0.1) is 0 Å². The fourth-order valence-electron chi connectivity index (χ4n) is 1.63. The van der Waals surface area contributed by atoms with Crippen molar-refractivity contribution < 1.29 is 18.1 Å². The Morgan fingerprint density at radius 3 is 2.50 bits per heavy atom. The number of nitro groups is 1. The lowest BCUT2D eigenvalue weighted by atomic mass is 10.1. The molecule has 0 aliphatic rings. The number of hydrogen-bond donors (Lipinski definition) is 1. The largest absolute Gasteiger partial charge is 0.417 e. The van der Waals surface area contributed by atoms with Crippen LogP contribution in [-0.4, -0.2) is 9.91 Å². The Kier molecular flexibility index (Phi) is 2.57. The van der Waals surface area contributed by atoms with Crippen LogP contribution in [0.25, 0.3) is 10.9 Å². The number of pyridine rings is 1. The van der Waals surface area contributed by atoms with Crippen LogP contribution in [0.1, 0.15) is 5.56 Å². The zero-order chi connectivity index (χ0) is 13.5. The summed E-state index contributed by atoms with van der Waals surface area (Å²) in [6.45, 7) is 0. The van der Waals surface area contributed by atoms with E-state index < -0.39 is 33.2 Å². The highest BCUT2D eigenvalue weighted by Gasteiger charge is 2.34. The number of H-pyrrole nitrogens is 1. The molecule has 18 heavy (non-hydrogen) atoms. The van der Waals surface area contributed by atoms with Crippen molar-refractivity contribution in [1.29, 1.82) is 0 Å². The molecule has 0 saturated carbocycles. The summed E-state index contributed by atoms with van der Waals surface area (Å²) in [5.41, 5.74) is -3.45. The van der Waals surface area contributed by atoms with Gasteiger partial charge in [0.1, 0.15) is 0 Å². The number of rotatable bonds is 1. The van der Waals surface area contributed by atoms with E-state index in [1.165, 1.54) is 6.07 Å². The van der Waals surface area contributed by atoms with Crippen LogP contribution in [0.2, 0.25) is 0 Å². The molecule has 0 amide bonds. The number of aromatic nitrogens is 1. The predicted octanol–water partition coefficient (Wildman–Crippen LogP) is 2.46. The first-order chi connectivity index (χ1) is 8.32. The summed E-state index contributed by atoms with van der Waals surface area (Å²) < 4.78 is 38.1. The number of benzene rings is 1. The zero-order valence-corrected chi connectivity index (χ0v) is 8.62. The van der Waals surface area contributed by atoms with E-state index in [1.54, 1.807) is 0 Å². The number of halogens is 3. The van der Waals surface area contributed by atoms with Crippen molar-refractivity contribution in [1.82, 2.24) is 4.98 Å². The topological polar surface area (TPSA) is 76.0 Å². The Balaban J connectivity index is 2.95. The Labute approximate surface area is 97.0 Å². The minimum atomic E-state index is -4.75. The van der Waals surface area contributed by atoms with E-state index >= 15 is 0 Å². The van der Waals surface area contributed by atoms with Gasteiger partial charge in [-0.1, -0.05) is 6.07 Å². The monoisotopic (exact) mass is 258 g/mol. The van der Waals surface area contributed by atoms with Gasteiger partial charge in [-0.3, -0.25) is 14.9 Å². The van der Waals surface area contributed by atoms with Crippen LogP contribution in [0, 0.1) is 10.1 Å².